The van der Waals surface area contributed by atoms with Crippen molar-refractivity contribution in [3.63, 3.8) is 0 Å². The van der Waals surface area contributed by atoms with Crippen LogP contribution < -0.4 is 5.32 Å². The van der Waals surface area contributed by atoms with Crippen LogP contribution in [0.2, 0.25) is 0 Å². The minimum atomic E-state index is -0.764. The summed E-state index contributed by atoms with van der Waals surface area (Å²) in [7, 11) is 1.63. The van der Waals surface area contributed by atoms with Gasteiger partial charge in [0.15, 0.2) is 0 Å². The second kappa shape index (κ2) is 7.44. The highest BCUT2D eigenvalue weighted by Gasteiger charge is 2.28. The van der Waals surface area contributed by atoms with Gasteiger partial charge >= 0.3 is 12.0 Å². The molecular formula is C17H23FN2O3. The summed E-state index contributed by atoms with van der Waals surface area (Å²) in [6.07, 6.45) is 2.47. The van der Waals surface area contributed by atoms with Crippen LogP contribution in [0.25, 0.3) is 0 Å². The molecule has 1 unspecified atom stereocenters. The minimum absolute atomic E-state index is 0.0200. The first kappa shape index (κ1) is 17.2. The Morgan fingerprint density at radius 2 is 1.87 bits per heavy atom. The van der Waals surface area contributed by atoms with E-state index in [-0.39, 0.29) is 29.8 Å². The largest absolute Gasteiger partial charge is 0.481 e. The van der Waals surface area contributed by atoms with E-state index in [0.29, 0.717) is 31.2 Å². The van der Waals surface area contributed by atoms with Crippen molar-refractivity contribution >= 4 is 12.0 Å². The number of nitrogens with one attached hydrogen (secondary N) is 1. The number of aliphatic carboxylic acids is 1. The van der Waals surface area contributed by atoms with E-state index in [1.54, 1.807) is 32.2 Å². The molecule has 2 rings (SSSR count). The molecule has 0 aromatic heterocycles. The molecule has 2 amide bonds. The van der Waals surface area contributed by atoms with Gasteiger partial charge in [0, 0.05) is 18.7 Å². The lowest BCUT2D eigenvalue weighted by atomic mass is 9.86. The first-order valence-corrected chi connectivity index (χ1v) is 7.90. The molecule has 1 fully saturated rings. The van der Waals surface area contributed by atoms with Gasteiger partial charge in [-0.1, -0.05) is 18.2 Å². The van der Waals surface area contributed by atoms with E-state index >= 15 is 0 Å². The maximum Gasteiger partial charge on any atom is 0.317 e. The van der Waals surface area contributed by atoms with Gasteiger partial charge in [-0.15, -0.1) is 0 Å². The standard InChI is InChI=1S/C17H23FN2O3/c1-11(14-5-3-4-6-15(14)18)20(2)17(23)19-13-9-7-12(8-10-13)16(21)22/h3-6,11-13H,7-10H2,1-2H3,(H,19,23)(H,21,22). The molecule has 0 heterocycles. The maximum atomic E-state index is 13.8. The predicted octanol–water partition coefficient (Wildman–Crippen LogP) is 3.17. The fourth-order valence-corrected chi connectivity index (χ4v) is 2.96. The van der Waals surface area contributed by atoms with Crippen molar-refractivity contribution < 1.29 is 19.1 Å². The van der Waals surface area contributed by atoms with E-state index in [9.17, 15) is 14.0 Å². The molecule has 1 aromatic carbocycles. The average molecular weight is 322 g/mol. The lowest BCUT2D eigenvalue weighted by molar-refractivity contribution is -0.142. The van der Waals surface area contributed by atoms with Crippen molar-refractivity contribution in [2.24, 2.45) is 5.92 Å². The summed E-state index contributed by atoms with van der Waals surface area (Å²) in [6, 6.07) is 5.74. The third-order valence-corrected chi connectivity index (χ3v) is 4.66. The van der Waals surface area contributed by atoms with Crippen LogP contribution in [0, 0.1) is 11.7 Å². The number of carbonyl (C=O) groups excluding carboxylic acids is 1. The Balaban J connectivity index is 1.91. The second-order valence-electron chi connectivity index (χ2n) is 6.14. The number of urea groups is 1. The van der Waals surface area contributed by atoms with E-state index in [1.165, 1.54) is 11.0 Å². The van der Waals surface area contributed by atoms with Crippen molar-refractivity contribution in [3.05, 3.63) is 35.6 Å². The molecule has 1 aliphatic carbocycles. The monoisotopic (exact) mass is 322 g/mol. The highest BCUT2D eigenvalue weighted by Crippen LogP contribution is 2.25. The summed E-state index contributed by atoms with van der Waals surface area (Å²) in [6.45, 7) is 1.78. The smallest absolute Gasteiger partial charge is 0.317 e. The predicted molar refractivity (Wildman–Crippen MR) is 84.5 cm³/mol. The number of nitrogens with zero attached hydrogens (tertiary/aromatic N) is 1. The van der Waals surface area contributed by atoms with Crippen LogP contribution in [0.1, 0.15) is 44.2 Å². The Kier molecular flexibility index (Phi) is 5.58. The Morgan fingerprint density at radius 3 is 2.43 bits per heavy atom. The Hall–Kier alpha value is -2.11. The first-order valence-electron chi connectivity index (χ1n) is 7.90. The van der Waals surface area contributed by atoms with Crippen LogP contribution in [0.3, 0.4) is 0 Å². The molecule has 1 atom stereocenters. The second-order valence-corrected chi connectivity index (χ2v) is 6.14. The van der Waals surface area contributed by atoms with E-state index in [2.05, 4.69) is 5.32 Å². The van der Waals surface area contributed by atoms with E-state index < -0.39 is 5.97 Å². The topological polar surface area (TPSA) is 69.6 Å². The van der Waals surface area contributed by atoms with Gasteiger partial charge in [-0.3, -0.25) is 4.79 Å². The molecule has 126 valence electrons. The molecule has 5 nitrogen and oxygen atoms in total. The van der Waals surface area contributed by atoms with Gasteiger partial charge in [-0.25, -0.2) is 9.18 Å². The molecule has 6 heteroatoms. The number of rotatable bonds is 4. The molecule has 0 radical (unpaired) electrons. The van der Waals surface area contributed by atoms with Gasteiger partial charge in [-0.05, 0) is 38.7 Å². The molecule has 1 aliphatic rings. The van der Waals surface area contributed by atoms with Gasteiger partial charge in [0.2, 0.25) is 0 Å². The third kappa shape index (κ3) is 4.21. The summed E-state index contributed by atoms with van der Waals surface area (Å²) in [5.74, 6) is -1.40. The molecule has 1 saturated carbocycles. The highest BCUT2D eigenvalue weighted by atomic mass is 19.1. The normalized spacial score (nSPS) is 22.2. The fraction of sp³-hybridized carbons (Fsp3) is 0.529. The lowest BCUT2D eigenvalue weighted by Gasteiger charge is -2.31. The summed E-state index contributed by atoms with van der Waals surface area (Å²) in [5, 5.41) is 11.9. The molecule has 0 spiro atoms. The average Bonchev–Trinajstić information content (AvgIpc) is 2.54. The van der Waals surface area contributed by atoms with Crippen molar-refractivity contribution in [1.82, 2.24) is 10.2 Å². The van der Waals surface area contributed by atoms with Crippen molar-refractivity contribution in [2.45, 2.75) is 44.7 Å². The molecule has 0 aliphatic heterocycles. The summed E-state index contributed by atoms with van der Waals surface area (Å²) >= 11 is 0. The van der Waals surface area contributed by atoms with E-state index in [4.69, 9.17) is 5.11 Å². The zero-order valence-corrected chi connectivity index (χ0v) is 13.5. The highest BCUT2D eigenvalue weighted by molar-refractivity contribution is 5.75. The van der Waals surface area contributed by atoms with Gasteiger partial charge in [0.05, 0.1) is 12.0 Å². The van der Waals surface area contributed by atoms with Crippen molar-refractivity contribution in [2.75, 3.05) is 7.05 Å². The Labute approximate surface area is 135 Å². The fourth-order valence-electron chi connectivity index (χ4n) is 2.96. The number of halogens is 1. The zero-order chi connectivity index (χ0) is 17.0. The molecule has 0 bridgehead atoms. The van der Waals surface area contributed by atoms with Gasteiger partial charge in [-0.2, -0.15) is 0 Å². The van der Waals surface area contributed by atoms with E-state index in [0.717, 1.165) is 0 Å². The Bertz CT molecular complexity index is 571. The van der Waals surface area contributed by atoms with Crippen LogP contribution in [0.5, 0.6) is 0 Å². The number of carbonyl (C=O) groups is 2. The van der Waals surface area contributed by atoms with Crippen molar-refractivity contribution in [1.29, 1.82) is 0 Å². The molecule has 0 saturated heterocycles. The molecule has 1 aromatic rings. The summed E-state index contributed by atoms with van der Waals surface area (Å²) in [5.41, 5.74) is 0.472. The van der Waals surface area contributed by atoms with Crippen LogP contribution in [0.15, 0.2) is 24.3 Å². The lowest BCUT2D eigenvalue weighted by Crippen LogP contribution is -2.45. The van der Waals surface area contributed by atoms with E-state index in [1.807, 2.05) is 0 Å². The molecule has 23 heavy (non-hydrogen) atoms. The number of carboxylic acids is 1. The minimum Gasteiger partial charge on any atom is -0.481 e. The van der Waals surface area contributed by atoms with Gasteiger partial charge in [0.25, 0.3) is 0 Å². The first-order chi connectivity index (χ1) is 10.9. The Morgan fingerprint density at radius 1 is 1.26 bits per heavy atom. The summed E-state index contributed by atoms with van der Waals surface area (Å²) < 4.78 is 13.8. The number of amides is 2. The number of benzene rings is 1. The number of hydrogen-bond acceptors (Lipinski definition) is 2. The SMILES string of the molecule is CC(c1ccccc1F)N(C)C(=O)NC1CCC(C(=O)O)CC1. The molecule has 2 N–H and O–H groups in total. The van der Waals surface area contributed by atoms with Crippen LogP contribution in [-0.4, -0.2) is 35.1 Å². The molecular weight excluding hydrogens is 299 g/mol. The number of hydrogen-bond donors (Lipinski definition) is 2. The summed E-state index contributed by atoms with van der Waals surface area (Å²) in [4.78, 5) is 24.7. The van der Waals surface area contributed by atoms with Crippen molar-refractivity contribution in [3.8, 4) is 0 Å². The maximum absolute atomic E-state index is 13.8. The third-order valence-electron chi connectivity index (χ3n) is 4.66. The van der Waals surface area contributed by atoms with Crippen LogP contribution in [0.4, 0.5) is 9.18 Å². The van der Waals surface area contributed by atoms with Crippen LogP contribution >= 0.6 is 0 Å². The van der Waals surface area contributed by atoms with Gasteiger partial charge < -0.3 is 15.3 Å². The van der Waals surface area contributed by atoms with Gasteiger partial charge in [0.1, 0.15) is 5.82 Å². The zero-order valence-electron chi connectivity index (χ0n) is 13.5. The van der Waals surface area contributed by atoms with Crippen LogP contribution in [-0.2, 0) is 4.79 Å². The quantitative estimate of drug-likeness (QED) is 0.894. The number of carboxylic acid groups (broad SMARTS) is 1.